The molecule has 5 nitrogen and oxygen atoms in total. The van der Waals surface area contributed by atoms with Crippen LogP contribution in [-0.4, -0.2) is 47.2 Å². The number of carbonyl (C=O) groups excluding carboxylic acids is 2. The quantitative estimate of drug-likeness (QED) is 0.681. The van der Waals surface area contributed by atoms with Crippen LogP contribution in [0.2, 0.25) is 0 Å². The lowest BCUT2D eigenvalue weighted by molar-refractivity contribution is -0.148. The Kier molecular flexibility index (Phi) is 2.68. The highest BCUT2D eigenvalue weighted by atomic mass is 16.6. The Bertz CT molecular complexity index is 471. The van der Waals surface area contributed by atoms with Crippen molar-refractivity contribution in [3.8, 4) is 0 Å². The first-order chi connectivity index (χ1) is 9.17. The van der Waals surface area contributed by atoms with Gasteiger partial charge in [0.25, 0.3) is 0 Å². The predicted octanol–water partition coefficient (Wildman–Crippen LogP) is 1.35. The molecule has 1 unspecified atom stereocenters. The predicted molar refractivity (Wildman–Crippen MR) is 71.9 cm³/mol. The third-order valence-electron chi connectivity index (χ3n) is 5.14. The molecule has 20 heavy (non-hydrogen) atoms. The molecular weight excluding hydrogens is 258 g/mol. The van der Waals surface area contributed by atoms with Crippen molar-refractivity contribution < 1.29 is 19.1 Å². The van der Waals surface area contributed by atoms with E-state index in [1.54, 1.807) is 4.90 Å². The minimum absolute atomic E-state index is 0.00127. The van der Waals surface area contributed by atoms with E-state index in [4.69, 9.17) is 9.47 Å². The number of rotatable bonds is 1. The van der Waals surface area contributed by atoms with E-state index in [1.165, 1.54) is 0 Å². The van der Waals surface area contributed by atoms with E-state index in [2.05, 4.69) is 0 Å². The van der Waals surface area contributed by atoms with Gasteiger partial charge in [-0.1, -0.05) is 20.8 Å². The molecule has 3 rings (SSSR count). The molecule has 0 aromatic carbocycles. The third-order valence-corrected chi connectivity index (χ3v) is 5.14. The van der Waals surface area contributed by atoms with Crippen LogP contribution in [0.5, 0.6) is 0 Å². The summed E-state index contributed by atoms with van der Waals surface area (Å²) in [6, 6.07) is 0. The van der Waals surface area contributed by atoms with Gasteiger partial charge in [-0.15, -0.1) is 0 Å². The zero-order valence-corrected chi connectivity index (χ0v) is 12.8. The first kappa shape index (κ1) is 14.0. The second-order valence-corrected chi connectivity index (χ2v) is 7.60. The molecule has 0 aliphatic carbocycles. The van der Waals surface area contributed by atoms with Crippen molar-refractivity contribution >= 4 is 12.2 Å². The summed E-state index contributed by atoms with van der Waals surface area (Å²) < 4.78 is 11.9. The lowest BCUT2D eigenvalue weighted by Gasteiger charge is -2.40. The van der Waals surface area contributed by atoms with Crippen molar-refractivity contribution in [3.05, 3.63) is 0 Å². The molecule has 3 saturated heterocycles. The van der Waals surface area contributed by atoms with E-state index in [-0.39, 0.29) is 36.2 Å². The first-order valence-electron chi connectivity index (χ1n) is 7.26. The molecule has 0 N–H and O–H groups in total. The van der Waals surface area contributed by atoms with Crippen molar-refractivity contribution in [3.63, 3.8) is 0 Å². The highest BCUT2D eigenvalue weighted by Crippen LogP contribution is 2.56. The minimum atomic E-state index is -0.975. The maximum atomic E-state index is 12.8. The highest BCUT2D eigenvalue weighted by Gasteiger charge is 2.74. The van der Waals surface area contributed by atoms with Crippen molar-refractivity contribution in [1.29, 1.82) is 0 Å². The van der Waals surface area contributed by atoms with Gasteiger partial charge in [0.05, 0.1) is 18.6 Å². The molecule has 3 aliphatic heterocycles. The van der Waals surface area contributed by atoms with Crippen LogP contribution >= 0.6 is 0 Å². The molecular formula is C15H23NO4. The van der Waals surface area contributed by atoms with E-state index in [9.17, 15) is 9.59 Å². The van der Waals surface area contributed by atoms with Crippen LogP contribution in [0.25, 0.3) is 0 Å². The van der Waals surface area contributed by atoms with E-state index >= 15 is 0 Å². The standard InChI is InChI=1S/C15H23NO4/c1-9-6-10-11(18)16-12(13(2,3)4)19-8-15(16,7-17)14(10,5)20-9/h7,9-10,12H,6,8H2,1-5H3/t9?,10-,12-,14-,15-/m0/s1. The van der Waals surface area contributed by atoms with Gasteiger partial charge in [-0.05, 0) is 20.3 Å². The van der Waals surface area contributed by atoms with Crippen LogP contribution in [0.4, 0.5) is 0 Å². The van der Waals surface area contributed by atoms with Crippen molar-refractivity contribution in [2.45, 2.75) is 64.5 Å². The Morgan fingerprint density at radius 1 is 1.40 bits per heavy atom. The molecule has 0 radical (unpaired) electrons. The number of carbonyl (C=O) groups is 2. The van der Waals surface area contributed by atoms with Gasteiger partial charge in [0, 0.05) is 5.41 Å². The Balaban J connectivity index is 2.10. The van der Waals surface area contributed by atoms with Crippen LogP contribution in [0.15, 0.2) is 0 Å². The zero-order chi connectivity index (χ0) is 14.9. The van der Waals surface area contributed by atoms with Gasteiger partial charge in [0.2, 0.25) is 5.91 Å². The fraction of sp³-hybridized carbons (Fsp3) is 0.867. The Morgan fingerprint density at radius 3 is 2.60 bits per heavy atom. The van der Waals surface area contributed by atoms with Crippen LogP contribution in [0.3, 0.4) is 0 Å². The molecule has 3 fully saturated rings. The minimum Gasteiger partial charge on any atom is -0.368 e. The number of amides is 1. The van der Waals surface area contributed by atoms with E-state index in [0.29, 0.717) is 6.42 Å². The fourth-order valence-electron chi connectivity index (χ4n) is 4.11. The average molecular weight is 281 g/mol. The molecule has 0 bridgehead atoms. The summed E-state index contributed by atoms with van der Waals surface area (Å²) in [6.45, 7) is 10.1. The second kappa shape index (κ2) is 3.83. The smallest absolute Gasteiger partial charge is 0.231 e. The number of ether oxygens (including phenoxy) is 2. The largest absolute Gasteiger partial charge is 0.368 e. The number of hydrogen-bond donors (Lipinski definition) is 0. The molecule has 0 spiro atoms. The zero-order valence-electron chi connectivity index (χ0n) is 12.8. The molecule has 0 aromatic heterocycles. The van der Waals surface area contributed by atoms with Crippen molar-refractivity contribution in [2.75, 3.05) is 6.61 Å². The van der Waals surface area contributed by atoms with Gasteiger partial charge in [-0.3, -0.25) is 9.69 Å². The van der Waals surface area contributed by atoms with Crippen LogP contribution in [-0.2, 0) is 19.1 Å². The van der Waals surface area contributed by atoms with E-state index < -0.39 is 11.1 Å². The van der Waals surface area contributed by atoms with Crippen LogP contribution in [0.1, 0.15) is 41.0 Å². The van der Waals surface area contributed by atoms with E-state index in [1.807, 2.05) is 34.6 Å². The van der Waals surface area contributed by atoms with Crippen molar-refractivity contribution in [2.24, 2.45) is 11.3 Å². The van der Waals surface area contributed by atoms with Gasteiger partial charge in [-0.2, -0.15) is 0 Å². The molecule has 5 atom stereocenters. The average Bonchev–Trinajstić information content (AvgIpc) is 2.91. The number of fused-ring (bicyclic) bond motifs is 3. The molecule has 0 aromatic rings. The topological polar surface area (TPSA) is 55.8 Å². The van der Waals surface area contributed by atoms with E-state index in [0.717, 1.165) is 6.29 Å². The molecule has 3 heterocycles. The summed E-state index contributed by atoms with van der Waals surface area (Å²) in [5.41, 5.74) is -1.98. The molecule has 5 heteroatoms. The first-order valence-corrected chi connectivity index (χ1v) is 7.26. The summed E-state index contributed by atoms with van der Waals surface area (Å²) in [5.74, 6) is -0.238. The SMILES string of the molecule is CC1C[C@H]2C(=O)N3[C@H](C(C)(C)C)OC[C@@]3(C=O)[C@@]2(C)O1. The van der Waals surface area contributed by atoms with Crippen LogP contribution in [0, 0.1) is 11.3 Å². The summed E-state index contributed by atoms with van der Waals surface area (Å²) in [5, 5.41) is 0. The summed E-state index contributed by atoms with van der Waals surface area (Å²) >= 11 is 0. The maximum Gasteiger partial charge on any atom is 0.231 e. The molecule has 0 saturated carbocycles. The number of aldehydes is 1. The van der Waals surface area contributed by atoms with Gasteiger partial charge >= 0.3 is 0 Å². The Labute approximate surface area is 119 Å². The molecule has 3 aliphatic rings. The van der Waals surface area contributed by atoms with Gasteiger partial charge in [0.1, 0.15) is 11.8 Å². The lowest BCUT2D eigenvalue weighted by Crippen LogP contribution is -2.60. The normalized spacial score (nSPS) is 47.5. The monoisotopic (exact) mass is 281 g/mol. The lowest BCUT2D eigenvalue weighted by atomic mass is 9.78. The van der Waals surface area contributed by atoms with Gasteiger partial charge in [0.15, 0.2) is 11.8 Å². The second-order valence-electron chi connectivity index (χ2n) is 7.60. The summed E-state index contributed by atoms with van der Waals surface area (Å²) in [7, 11) is 0. The summed E-state index contributed by atoms with van der Waals surface area (Å²) in [6.07, 6.45) is 1.18. The number of nitrogens with zero attached hydrogens (tertiary/aromatic N) is 1. The molecule has 112 valence electrons. The number of hydrogen-bond acceptors (Lipinski definition) is 4. The highest BCUT2D eigenvalue weighted by molar-refractivity contribution is 5.92. The fourth-order valence-corrected chi connectivity index (χ4v) is 4.11. The van der Waals surface area contributed by atoms with Crippen LogP contribution < -0.4 is 0 Å². The van der Waals surface area contributed by atoms with Crippen molar-refractivity contribution in [1.82, 2.24) is 4.90 Å². The van der Waals surface area contributed by atoms with Gasteiger partial charge in [-0.25, -0.2) is 0 Å². The maximum absolute atomic E-state index is 12.8. The Hall–Kier alpha value is -0.940. The molecule has 1 amide bonds. The third kappa shape index (κ3) is 1.40. The van der Waals surface area contributed by atoms with Gasteiger partial charge < -0.3 is 14.3 Å². The summed E-state index contributed by atoms with van der Waals surface area (Å²) in [4.78, 5) is 26.4. The Morgan fingerprint density at radius 2 is 2.05 bits per heavy atom.